The molecule has 2 atom stereocenters. The van der Waals surface area contributed by atoms with E-state index in [2.05, 4.69) is 6.08 Å². The van der Waals surface area contributed by atoms with Crippen LogP contribution in [-0.4, -0.2) is 30.8 Å². The van der Waals surface area contributed by atoms with Gasteiger partial charge in [0.25, 0.3) is 5.91 Å². The number of hydrogen-bond donors (Lipinski definition) is 0. The molecule has 0 radical (unpaired) electrons. The van der Waals surface area contributed by atoms with Crippen LogP contribution in [0.25, 0.3) is 6.08 Å². The Labute approximate surface area is 220 Å². The van der Waals surface area contributed by atoms with E-state index < -0.39 is 0 Å². The second kappa shape index (κ2) is 10.4. The summed E-state index contributed by atoms with van der Waals surface area (Å²) in [7, 11) is 3.30. The van der Waals surface area contributed by atoms with Gasteiger partial charge in [0.2, 0.25) is 0 Å². The molecule has 1 fully saturated rings. The summed E-state index contributed by atoms with van der Waals surface area (Å²) in [5.41, 5.74) is 4.55. The van der Waals surface area contributed by atoms with Gasteiger partial charge in [-0.25, -0.2) is 5.01 Å². The first-order valence-electron chi connectivity index (χ1n) is 11.8. The molecule has 1 heterocycles. The number of rotatable bonds is 5. The summed E-state index contributed by atoms with van der Waals surface area (Å²) in [6.07, 6.45) is 5.02. The number of amides is 1. The molecule has 0 spiro atoms. The number of methoxy groups -OCH3 is 2. The Morgan fingerprint density at radius 2 is 1.64 bits per heavy atom. The Morgan fingerprint density at radius 1 is 0.972 bits per heavy atom. The second-order valence-electron chi connectivity index (χ2n) is 8.92. The van der Waals surface area contributed by atoms with Crippen LogP contribution in [0.2, 0.25) is 10.0 Å². The molecular formula is C29H26Cl2N2O3. The maximum atomic E-state index is 13.8. The van der Waals surface area contributed by atoms with Gasteiger partial charge in [-0.2, -0.15) is 5.10 Å². The zero-order chi connectivity index (χ0) is 25.2. The molecule has 2 aliphatic rings. The van der Waals surface area contributed by atoms with Crippen LogP contribution in [0.3, 0.4) is 0 Å². The van der Waals surface area contributed by atoms with E-state index in [9.17, 15) is 4.79 Å². The number of hydrogen-bond acceptors (Lipinski definition) is 4. The molecule has 1 amide bonds. The first-order valence-corrected chi connectivity index (χ1v) is 12.6. The topological polar surface area (TPSA) is 51.1 Å². The molecule has 36 heavy (non-hydrogen) atoms. The molecule has 1 aliphatic heterocycles. The van der Waals surface area contributed by atoms with Crippen molar-refractivity contribution in [3.8, 4) is 11.5 Å². The van der Waals surface area contributed by atoms with E-state index in [4.69, 9.17) is 37.8 Å². The average molecular weight is 521 g/mol. The van der Waals surface area contributed by atoms with Crippen molar-refractivity contribution in [1.29, 1.82) is 0 Å². The minimum atomic E-state index is -0.247. The van der Waals surface area contributed by atoms with Gasteiger partial charge in [-0.3, -0.25) is 4.79 Å². The highest BCUT2D eigenvalue weighted by molar-refractivity contribution is 6.36. The lowest BCUT2D eigenvalue weighted by atomic mass is 9.77. The number of carbonyl (C=O) groups excluding carboxylic acids is 1. The fraction of sp³-hybridized carbons (Fsp3) is 0.241. The minimum Gasteiger partial charge on any atom is -0.497 e. The summed E-state index contributed by atoms with van der Waals surface area (Å²) in [5, 5.41) is 7.34. The van der Waals surface area contributed by atoms with E-state index in [1.165, 1.54) is 0 Å². The SMILES string of the molecule is COc1ccc(C=C2CCCC3C2=NN(C(=O)c2ccc(Cl)cc2Cl)C3c2ccc(OC)cc2)cc1. The Morgan fingerprint density at radius 3 is 2.28 bits per heavy atom. The average Bonchev–Trinajstić information content (AvgIpc) is 3.29. The summed E-state index contributed by atoms with van der Waals surface area (Å²) in [5.74, 6) is 1.41. The number of halogens is 2. The predicted octanol–water partition coefficient (Wildman–Crippen LogP) is 7.45. The van der Waals surface area contributed by atoms with Crippen molar-refractivity contribution >= 4 is 40.9 Å². The number of carbonyl (C=O) groups is 1. The lowest BCUT2D eigenvalue weighted by molar-refractivity contribution is 0.0681. The van der Waals surface area contributed by atoms with E-state index >= 15 is 0 Å². The number of fused-ring (bicyclic) bond motifs is 1. The summed E-state index contributed by atoms with van der Waals surface area (Å²) in [6, 6.07) is 20.5. The summed E-state index contributed by atoms with van der Waals surface area (Å²) in [6.45, 7) is 0. The highest BCUT2D eigenvalue weighted by Crippen LogP contribution is 2.45. The van der Waals surface area contributed by atoms with Crippen molar-refractivity contribution in [3.05, 3.63) is 99.0 Å². The zero-order valence-corrected chi connectivity index (χ0v) is 21.6. The molecule has 1 aliphatic carbocycles. The molecule has 0 saturated heterocycles. The molecule has 184 valence electrons. The van der Waals surface area contributed by atoms with Crippen molar-refractivity contribution in [2.24, 2.45) is 11.0 Å². The number of allylic oxidation sites excluding steroid dienone is 1. The third-order valence-electron chi connectivity index (χ3n) is 6.79. The quantitative estimate of drug-likeness (QED) is 0.351. The highest BCUT2D eigenvalue weighted by Gasteiger charge is 2.44. The van der Waals surface area contributed by atoms with E-state index in [0.717, 1.165) is 53.2 Å². The van der Waals surface area contributed by atoms with Crippen LogP contribution in [0.15, 0.2) is 77.4 Å². The largest absolute Gasteiger partial charge is 0.497 e. The second-order valence-corrected chi connectivity index (χ2v) is 9.76. The Kier molecular flexibility index (Phi) is 7.04. The lowest BCUT2D eigenvalue weighted by Crippen LogP contribution is -2.32. The van der Waals surface area contributed by atoms with Crippen LogP contribution in [0.1, 0.15) is 46.8 Å². The van der Waals surface area contributed by atoms with E-state index in [1.54, 1.807) is 37.4 Å². The van der Waals surface area contributed by atoms with Crippen LogP contribution in [-0.2, 0) is 0 Å². The number of hydrazone groups is 1. The van der Waals surface area contributed by atoms with Crippen molar-refractivity contribution < 1.29 is 14.3 Å². The molecule has 0 bridgehead atoms. The van der Waals surface area contributed by atoms with Crippen LogP contribution in [0.4, 0.5) is 0 Å². The van der Waals surface area contributed by atoms with Crippen LogP contribution in [0.5, 0.6) is 11.5 Å². The molecule has 5 rings (SSSR count). The molecule has 3 aromatic carbocycles. The summed E-state index contributed by atoms with van der Waals surface area (Å²) in [4.78, 5) is 13.8. The molecule has 0 aromatic heterocycles. The highest BCUT2D eigenvalue weighted by atomic mass is 35.5. The molecule has 3 aromatic rings. The third kappa shape index (κ3) is 4.73. The van der Waals surface area contributed by atoms with E-state index in [-0.39, 0.29) is 17.9 Å². The molecule has 1 saturated carbocycles. The Hall–Kier alpha value is -3.28. The van der Waals surface area contributed by atoms with E-state index in [0.29, 0.717) is 15.6 Å². The van der Waals surface area contributed by atoms with Crippen molar-refractivity contribution in [3.63, 3.8) is 0 Å². The first kappa shape index (κ1) is 24.4. The standard InChI is InChI=1S/C29H26Cl2N2O3/c1-35-22-11-6-18(7-12-22)16-20-4-3-5-25-27(20)32-33(28(25)19-8-13-23(36-2)14-9-19)29(34)24-15-10-21(30)17-26(24)31/h6-17,25,28H,3-5H2,1-2H3. The van der Waals surface area contributed by atoms with Gasteiger partial charge in [0.15, 0.2) is 0 Å². The number of benzene rings is 3. The molecule has 7 heteroatoms. The molecular weight excluding hydrogens is 495 g/mol. The van der Waals surface area contributed by atoms with Gasteiger partial charge in [0.05, 0.1) is 36.6 Å². The number of nitrogens with zero attached hydrogens (tertiary/aromatic N) is 2. The van der Waals surface area contributed by atoms with Crippen molar-refractivity contribution in [2.45, 2.75) is 25.3 Å². The monoisotopic (exact) mass is 520 g/mol. The zero-order valence-electron chi connectivity index (χ0n) is 20.1. The smallest absolute Gasteiger partial charge is 0.276 e. The first-order chi connectivity index (χ1) is 17.5. The van der Waals surface area contributed by atoms with Gasteiger partial charge in [0, 0.05) is 10.9 Å². The Bertz CT molecular complexity index is 1330. The van der Waals surface area contributed by atoms with Crippen molar-refractivity contribution in [1.82, 2.24) is 5.01 Å². The Balaban J connectivity index is 1.57. The molecule has 2 unspecified atom stereocenters. The molecule has 5 nitrogen and oxygen atoms in total. The lowest BCUT2D eigenvalue weighted by Gasteiger charge is -2.30. The predicted molar refractivity (Wildman–Crippen MR) is 144 cm³/mol. The molecule has 0 N–H and O–H groups in total. The summed E-state index contributed by atoms with van der Waals surface area (Å²) < 4.78 is 10.6. The van der Waals surface area contributed by atoms with Gasteiger partial charge in [-0.05, 0) is 84.5 Å². The van der Waals surface area contributed by atoms with Crippen LogP contribution < -0.4 is 9.47 Å². The normalized spacial score (nSPS) is 20.2. The maximum absolute atomic E-state index is 13.8. The fourth-order valence-electron chi connectivity index (χ4n) is 4.99. The van der Waals surface area contributed by atoms with Crippen molar-refractivity contribution in [2.75, 3.05) is 14.2 Å². The number of ether oxygens (including phenoxy) is 2. The summed E-state index contributed by atoms with van der Waals surface area (Å²) >= 11 is 12.5. The third-order valence-corrected chi connectivity index (χ3v) is 7.33. The van der Waals surface area contributed by atoms with Gasteiger partial charge < -0.3 is 9.47 Å². The maximum Gasteiger partial charge on any atom is 0.276 e. The van der Waals surface area contributed by atoms with Crippen LogP contribution in [0, 0.1) is 5.92 Å². The van der Waals surface area contributed by atoms with Crippen LogP contribution >= 0.6 is 23.2 Å². The van der Waals surface area contributed by atoms with E-state index in [1.807, 2.05) is 48.5 Å². The van der Waals surface area contributed by atoms with Gasteiger partial charge in [0.1, 0.15) is 11.5 Å². The van der Waals surface area contributed by atoms with Gasteiger partial charge in [-0.1, -0.05) is 47.5 Å². The fourth-order valence-corrected chi connectivity index (χ4v) is 5.48. The van der Waals surface area contributed by atoms with Gasteiger partial charge in [-0.15, -0.1) is 0 Å². The minimum absolute atomic E-state index is 0.0756. The van der Waals surface area contributed by atoms with Gasteiger partial charge >= 0.3 is 0 Å².